The number of thiophene rings is 1. The van der Waals surface area contributed by atoms with Gasteiger partial charge >= 0.3 is 0 Å². The predicted octanol–water partition coefficient (Wildman–Crippen LogP) is 4.07. The van der Waals surface area contributed by atoms with Gasteiger partial charge in [0.05, 0.1) is 28.0 Å². The average Bonchev–Trinajstić information content (AvgIpc) is 2.99. The van der Waals surface area contributed by atoms with Gasteiger partial charge in [-0.1, -0.05) is 6.92 Å². The van der Waals surface area contributed by atoms with E-state index in [-0.39, 0.29) is 0 Å². The third-order valence-corrected chi connectivity index (χ3v) is 4.60. The van der Waals surface area contributed by atoms with Crippen LogP contribution in [0.25, 0.3) is 21.7 Å². The van der Waals surface area contributed by atoms with Gasteiger partial charge in [0.1, 0.15) is 5.75 Å². The van der Waals surface area contributed by atoms with Crippen LogP contribution in [0.3, 0.4) is 0 Å². The molecule has 0 radical (unpaired) electrons. The van der Waals surface area contributed by atoms with E-state index in [9.17, 15) is 0 Å². The second-order valence-electron chi connectivity index (χ2n) is 5.10. The van der Waals surface area contributed by atoms with E-state index in [0.717, 1.165) is 45.5 Å². The summed E-state index contributed by atoms with van der Waals surface area (Å²) in [4.78, 5) is 5.97. The zero-order chi connectivity index (χ0) is 15.0. The van der Waals surface area contributed by atoms with Crippen molar-refractivity contribution in [3.8, 4) is 16.5 Å². The zero-order valence-corrected chi connectivity index (χ0v) is 13.3. The lowest BCUT2D eigenvalue weighted by atomic mass is 10.2. The first-order chi connectivity index (χ1) is 10.1. The molecular weight excluding hydrogens is 282 g/mol. The van der Waals surface area contributed by atoms with Crippen molar-refractivity contribution in [1.82, 2.24) is 9.55 Å². The van der Waals surface area contributed by atoms with Crippen LogP contribution in [0, 0.1) is 6.92 Å². The van der Waals surface area contributed by atoms with Gasteiger partial charge in [0.25, 0.3) is 0 Å². The van der Waals surface area contributed by atoms with Crippen LogP contribution < -0.4 is 10.5 Å². The lowest BCUT2D eigenvalue weighted by Crippen LogP contribution is -1.99. The van der Waals surface area contributed by atoms with Gasteiger partial charge in [-0.05, 0) is 37.1 Å². The monoisotopic (exact) mass is 301 g/mol. The van der Waals surface area contributed by atoms with Crippen molar-refractivity contribution >= 4 is 27.4 Å². The second kappa shape index (κ2) is 5.41. The van der Waals surface area contributed by atoms with E-state index in [1.54, 1.807) is 18.4 Å². The van der Waals surface area contributed by atoms with Gasteiger partial charge in [0, 0.05) is 12.6 Å². The maximum Gasteiger partial charge on any atom is 0.151 e. The highest BCUT2D eigenvalue weighted by atomic mass is 32.1. The molecule has 4 nitrogen and oxygen atoms in total. The number of aromatic nitrogens is 2. The van der Waals surface area contributed by atoms with Gasteiger partial charge in [0.2, 0.25) is 0 Å². The number of nitrogens with two attached hydrogens (primary N) is 1. The van der Waals surface area contributed by atoms with Crippen molar-refractivity contribution in [1.29, 1.82) is 0 Å². The van der Waals surface area contributed by atoms with E-state index in [0.29, 0.717) is 0 Å². The summed E-state index contributed by atoms with van der Waals surface area (Å²) in [5, 5.41) is 0.829. The van der Waals surface area contributed by atoms with Crippen molar-refractivity contribution in [2.24, 2.45) is 0 Å². The van der Waals surface area contributed by atoms with E-state index >= 15 is 0 Å². The Morgan fingerprint density at radius 3 is 2.76 bits per heavy atom. The Hall–Kier alpha value is -2.01. The molecule has 0 aliphatic heterocycles. The molecule has 0 unspecified atom stereocenters. The van der Waals surface area contributed by atoms with E-state index in [1.165, 1.54) is 5.56 Å². The molecule has 21 heavy (non-hydrogen) atoms. The summed E-state index contributed by atoms with van der Waals surface area (Å²) in [6, 6.07) is 8.05. The molecule has 0 saturated carbocycles. The Morgan fingerprint density at radius 2 is 2.14 bits per heavy atom. The van der Waals surface area contributed by atoms with Crippen LogP contribution in [-0.2, 0) is 6.54 Å². The number of hydrogen-bond donors (Lipinski definition) is 1. The smallest absolute Gasteiger partial charge is 0.151 e. The number of aryl methyl sites for hydroxylation is 2. The maximum absolute atomic E-state index is 5.94. The lowest BCUT2D eigenvalue weighted by Gasteiger charge is -2.07. The van der Waals surface area contributed by atoms with Gasteiger partial charge in [-0.3, -0.25) is 0 Å². The predicted molar refractivity (Wildman–Crippen MR) is 89.0 cm³/mol. The number of benzene rings is 1. The number of methoxy groups -OCH3 is 1. The summed E-state index contributed by atoms with van der Waals surface area (Å²) in [5.74, 6) is 1.83. The van der Waals surface area contributed by atoms with Gasteiger partial charge in [0.15, 0.2) is 5.82 Å². The number of ether oxygens (including phenoxy) is 1. The zero-order valence-electron chi connectivity index (χ0n) is 12.5. The molecule has 0 fully saturated rings. The summed E-state index contributed by atoms with van der Waals surface area (Å²) < 4.78 is 7.57. The summed E-state index contributed by atoms with van der Waals surface area (Å²) in [6.45, 7) is 5.20. The highest BCUT2D eigenvalue weighted by molar-refractivity contribution is 7.19. The molecule has 3 rings (SSSR count). The molecule has 1 aromatic carbocycles. The normalized spacial score (nSPS) is 11.2. The van der Waals surface area contributed by atoms with Crippen LogP contribution in [0.1, 0.15) is 18.9 Å². The van der Waals surface area contributed by atoms with Crippen molar-refractivity contribution < 1.29 is 4.74 Å². The summed E-state index contributed by atoms with van der Waals surface area (Å²) in [5.41, 5.74) is 9.22. The Kier molecular flexibility index (Phi) is 3.59. The molecule has 0 bridgehead atoms. The molecule has 2 aromatic heterocycles. The highest BCUT2D eigenvalue weighted by Crippen LogP contribution is 2.35. The fourth-order valence-electron chi connectivity index (χ4n) is 2.59. The molecule has 5 heteroatoms. The molecule has 0 saturated heterocycles. The molecule has 0 spiro atoms. The first-order valence-electron chi connectivity index (χ1n) is 7.04. The van der Waals surface area contributed by atoms with Crippen molar-refractivity contribution in [3.63, 3.8) is 0 Å². The number of nitrogens with zero attached hydrogens (tertiary/aromatic N) is 2. The van der Waals surface area contributed by atoms with Crippen LogP contribution in [-0.4, -0.2) is 16.7 Å². The number of rotatable bonds is 4. The van der Waals surface area contributed by atoms with Crippen LogP contribution >= 0.6 is 11.3 Å². The SMILES string of the molecule is CCCn1c(-c2sc(N)cc2C)nc2cc(OC)ccc21. The lowest BCUT2D eigenvalue weighted by molar-refractivity contribution is 0.415. The Bertz CT molecular complexity index is 788. The molecule has 110 valence electrons. The molecule has 0 atom stereocenters. The number of anilines is 1. The van der Waals surface area contributed by atoms with Crippen LogP contribution in [0.2, 0.25) is 0 Å². The largest absolute Gasteiger partial charge is 0.497 e. The third kappa shape index (κ3) is 2.38. The van der Waals surface area contributed by atoms with Crippen LogP contribution in [0.5, 0.6) is 5.75 Å². The number of imidazole rings is 1. The minimum atomic E-state index is 0.829. The summed E-state index contributed by atoms with van der Waals surface area (Å²) in [6.07, 6.45) is 1.06. The minimum absolute atomic E-state index is 0.829. The molecule has 0 aliphatic rings. The van der Waals surface area contributed by atoms with E-state index in [1.807, 2.05) is 18.2 Å². The standard InChI is InChI=1S/C16H19N3OS/c1-4-7-19-13-6-5-11(20-3)9-12(13)18-16(19)15-10(2)8-14(17)21-15/h5-6,8-9H,4,7,17H2,1-3H3. The highest BCUT2D eigenvalue weighted by Gasteiger charge is 2.16. The minimum Gasteiger partial charge on any atom is -0.497 e. The fourth-order valence-corrected chi connectivity index (χ4v) is 3.53. The summed E-state index contributed by atoms with van der Waals surface area (Å²) in [7, 11) is 1.68. The number of nitrogen functional groups attached to an aromatic ring is 1. The van der Waals surface area contributed by atoms with Crippen LogP contribution in [0.4, 0.5) is 5.00 Å². The summed E-state index contributed by atoms with van der Waals surface area (Å²) >= 11 is 1.60. The van der Waals surface area contributed by atoms with Gasteiger partial charge in [-0.2, -0.15) is 0 Å². The Morgan fingerprint density at radius 1 is 1.33 bits per heavy atom. The van der Waals surface area contributed by atoms with E-state index < -0.39 is 0 Å². The second-order valence-corrected chi connectivity index (χ2v) is 6.19. The number of fused-ring (bicyclic) bond motifs is 1. The van der Waals surface area contributed by atoms with Crippen LogP contribution in [0.15, 0.2) is 24.3 Å². The third-order valence-electron chi connectivity index (χ3n) is 3.54. The van der Waals surface area contributed by atoms with Gasteiger partial charge in [-0.25, -0.2) is 4.98 Å². The maximum atomic E-state index is 5.94. The van der Waals surface area contributed by atoms with Crippen molar-refractivity contribution in [3.05, 3.63) is 29.8 Å². The fraction of sp³-hybridized carbons (Fsp3) is 0.312. The van der Waals surface area contributed by atoms with Crippen molar-refractivity contribution in [2.75, 3.05) is 12.8 Å². The van der Waals surface area contributed by atoms with Gasteiger partial charge < -0.3 is 15.0 Å². The number of hydrogen-bond acceptors (Lipinski definition) is 4. The van der Waals surface area contributed by atoms with Crippen molar-refractivity contribution in [2.45, 2.75) is 26.8 Å². The van der Waals surface area contributed by atoms with Gasteiger partial charge in [-0.15, -0.1) is 11.3 Å². The topological polar surface area (TPSA) is 53.1 Å². The molecule has 3 aromatic rings. The molecule has 0 aliphatic carbocycles. The molecule has 0 amide bonds. The molecule has 2 heterocycles. The molecule has 2 N–H and O–H groups in total. The van der Waals surface area contributed by atoms with E-state index in [2.05, 4.69) is 24.5 Å². The Labute approximate surface area is 128 Å². The first kappa shape index (κ1) is 13.9. The average molecular weight is 301 g/mol. The molecular formula is C16H19N3OS. The Balaban J connectivity index is 2.25. The quantitative estimate of drug-likeness (QED) is 0.790. The van der Waals surface area contributed by atoms with E-state index in [4.69, 9.17) is 15.5 Å². The first-order valence-corrected chi connectivity index (χ1v) is 7.86.